The van der Waals surface area contributed by atoms with Crippen LogP contribution in [0.4, 0.5) is 0 Å². The zero-order valence-corrected chi connectivity index (χ0v) is 15.2. The van der Waals surface area contributed by atoms with E-state index < -0.39 is 48.4 Å². The van der Waals surface area contributed by atoms with Gasteiger partial charge >= 0.3 is 0 Å². The van der Waals surface area contributed by atoms with Crippen molar-refractivity contribution in [2.75, 3.05) is 6.61 Å². The van der Waals surface area contributed by atoms with Crippen LogP contribution >= 0.6 is 12.4 Å². The van der Waals surface area contributed by atoms with E-state index in [1.807, 2.05) is 13.8 Å². The molecule has 0 bridgehead atoms. The van der Waals surface area contributed by atoms with Crippen molar-refractivity contribution in [3.8, 4) is 0 Å². The van der Waals surface area contributed by atoms with Crippen LogP contribution in [-0.2, 0) is 4.79 Å². The SMILES string of the molecule is CC(C)(C)CC(C)(C)NC(=O)[C@H]1N[C@@H](CO)[C@@H](O)[C@H](O)[C@H]1O.Cl. The van der Waals surface area contributed by atoms with Crippen LogP contribution in [0.1, 0.15) is 41.0 Å². The van der Waals surface area contributed by atoms with Gasteiger partial charge in [0.2, 0.25) is 5.91 Å². The zero-order valence-electron chi connectivity index (χ0n) is 14.4. The van der Waals surface area contributed by atoms with Crippen LogP contribution in [-0.4, -0.2) is 68.9 Å². The van der Waals surface area contributed by atoms with Gasteiger partial charge in [-0.15, -0.1) is 12.4 Å². The monoisotopic (exact) mass is 354 g/mol. The highest BCUT2D eigenvalue weighted by Gasteiger charge is 2.45. The smallest absolute Gasteiger partial charge is 0.240 e. The molecule has 0 aromatic rings. The summed E-state index contributed by atoms with van der Waals surface area (Å²) in [6.07, 6.45) is -3.53. The Labute approximate surface area is 143 Å². The van der Waals surface area contributed by atoms with Gasteiger partial charge in [0.05, 0.1) is 12.6 Å². The van der Waals surface area contributed by atoms with E-state index in [9.17, 15) is 25.2 Å². The normalized spacial score (nSPS) is 32.1. The minimum absolute atomic E-state index is 0. The fourth-order valence-corrected chi connectivity index (χ4v) is 3.24. The van der Waals surface area contributed by atoms with Crippen LogP contribution < -0.4 is 10.6 Å². The summed E-state index contributed by atoms with van der Waals surface area (Å²) in [6.45, 7) is 9.53. The van der Waals surface area contributed by atoms with E-state index in [4.69, 9.17) is 0 Å². The quantitative estimate of drug-likeness (QED) is 0.391. The van der Waals surface area contributed by atoms with E-state index in [2.05, 4.69) is 31.4 Å². The lowest BCUT2D eigenvalue weighted by molar-refractivity contribution is -0.146. The lowest BCUT2D eigenvalue weighted by Crippen LogP contribution is -2.70. The van der Waals surface area contributed by atoms with Crippen LogP contribution in [0.3, 0.4) is 0 Å². The second-order valence-electron chi connectivity index (χ2n) is 8.02. The zero-order chi connectivity index (χ0) is 17.3. The summed E-state index contributed by atoms with van der Waals surface area (Å²) in [5.74, 6) is -0.467. The van der Waals surface area contributed by atoms with Gasteiger partial charge in [-0.2, -0.15) is 0 Å². The number of aliphatic hydroxyl groups excluding tert-OH is 4. The Morgan fingerprint density at radius 2 is 1.57 bits per heavy atom. The molecule has 5 atom stereocenters. The average Bonchev–Trinajstić information content (AvgIpc) is 2.32. The Morgan fingerprint density at radius 1 is 1.04 bits per heavy atom. The largest absolute Gasteiger partial charge is 0.395 e. The predicted octanol–water partition coefficient (Wildman–Crippen LogP) is -0.845. The molecule has 1 saturated heterocycles. The number of halogens is 1. The Kier molecular flexibility index (Phi) is 7.94. The predicted molar refractivity (Wildman–Crippen MR) is 89.4 cm³/mol. The first-order valence-corrected chi connectivity index (χ1v) is 7.61. The molecule has 138 valence electrons. The highest BCUT2D eigenvalue weighted by atomic mass is 35.5. The van der Waals surface area contributed by atoms with E-state index in [1.54, 1.807) is 0 Å². The average molecular weight is 355 g/mol. The summed E-state index contributed by atoms with van der Waals surface area (Å²) in [7, 11) is 0. The molecule has 0 radical (unpaired) electrons. The lowest BCUT2D eigenvalue weighted by atomic mass is 9.81. The van der Waals surface area contributed by atoms with E-state index in [0.717, 1.165) is 6.42 Å². The molecule has 1 amide bonds. The van der Waals surface area contributed by atoms with E-state index in [-0.39, 0.29) is 17.8 Å². The maximum absolute atomic E-state index is 12.4. The van der Waals surface area contributed by atoms with Crippen molar-refractivity contribution in [2.24, 2.45) is 5.41 Å². The van der Waals surface area contributed by atoms with Gasteiger partial charge in [0.1, 0.15) is 24.4 Å². The van der Waals surface area contributed by atoms with Gasteiger partial charge in [-0.25, -0.2) is 0 Å². The number of hydrogen-bond donors (Lipinski definition) is 6. The molecule has 0 aliphatic carbocycles. The highest BCUT2D eigenvalue weighted by Crippen LogP contribution is 2.27. The molecule has 0 saturated carbocycles. The molecule has 1 heterocycles. The molecule has 1 rings (SSSR count). The Hall–Kier alpha value is -0.440. The van der Waals surface area contributed by atoms with Crippen LogP contribution in [0, 0.1) is 5.41 Å². The van der Waals surface area contributed by atoms with Gasteiger partial charge in [-0.05, 0) is 25.7 Å². The van der Waals surface area contributed by atoms with E-state index >= 15 is 0 Å². The first-order chi connectivity index (χ1) is 9.88. The van der Waals surface area contributed by atoms with E-state index in [0.29, 0.717) is 0 Å². The molecule has 1 aliphatic heterocycles. The maximum atomic E-state index is 12.4. The van der Waals surface area contributed by atoms with Crippen molar-refractivity contribution in [1.82, 2.24) is 10.6 Å². The molecule has 7 nitrogen and oxygen atoms in total. The van der Waals surface area contributed by atoms with Crippen LogP contribution in [0.15, 0.2) is 0 Å². The number of rotatable bonds is 4. The topological polar surface area (TPSA) is 122 Å². The minimum atomic E-state index is -1.49. The molecule has 23 heavy (non-hydrogen) atoms. The summed E-state index contributed by atoms with van der Waals surface area (Å²) < 4.78 is 0. The Balaban J connectivity index is 0.00000484. The summed E-state index contributed by atoms with van der Waals surface area (Å²) in [5, 5.41) is 44.3. The molecule has 0 unspecified atom stereocenters. The summed E-state index contributed by atoms with van der Waals surface area (Å²) in [4.78, 5) is 12.4. The fraction of sp³-hybridized carbons (Fsp3) is 0.933. The van der Waals surface area contributed by atoms with Crippen molar-refractivity contribution < 1.29 is 25.2 Å². The summed E-state index contributed by atoms with van der Waals surface area (Å²) in [5.41, 5.74) is -0.481. The molecule has 1 fully saturated rings. The van der Waals surface area contributed by atoms with Gasteiger partial charge in [0.25, 0.3) is 0 Å². The molecule has 0 aromatic carbocycles. The third kappa shape index (κ3) is 6.17. The first kappa shape index (κ1) is 22.6. The van der Waals surface area contributed by atoms with Crippen molar-refractivity contribution >= 4 is 18.3 Å². The van der Waals surface area contributed by atoms with Gasteiger partial charge in [-0.3, -0.25) is 10.1 Å². The van der Waals surface area contributed by atoms with Crippen LogP contribution in [0.2, 0.25) is 0 Å². The summed E-state index contributed by atoms with van der Waals surface area (Å²) >= 11 is 0. The molecule has 1 aliphatic rings. The molecule has 6 N–H and O–H groups in total. The Bertz CT molecular complexity index is 398. The maximum Gasteiger partial charge on any atom is 0.240 e. The lowest BCUT2D eigenvalue weighted by Gasteiger charge is -2.42. The standard InChI is InChI=1S/C15H30N2O5.ClH/c1-14(2,3)7-15(4,5)17-13(22)9-11(20)12(21)10(19)8(6-18)16-9;/h8-12,16,18-21H,6-7H2,1-5H3,(H,17,22);1H/t8-,9-,10+,11-,12-;/m0./s1. The van der Waals surface area contributed by atoms with Crippen molar-refractivity contribution in [2.45, 2.75) is 77.0 Å². The second-order valence-corrected chi connectivity index (χ2v) is 8.02. The third-order valence-electron chi connectivity index (χ3n) is 3.76. The molecule has 8 heteroatoms. The summed E-state index contributed by atoms with van der Waals surface area (Å²) in [6, 6.07) is -1.95. The van der Waals surface area contributed by atoms with Crippen molar-refractivity contribution in [3.63, 3.8) is 0 Å². The number of amides is 1. The van der Waals surface area contributed by atoms with Crippen LogP contribution in [0.5, 0.6) is 0 Å². The fourth-order valence-electron chi connectivity index (χ4n) is 3.24. The highest BCUT2D eigenvalue weighted by molar-refractivity contribution is 5.85. The number of nitrogens with one attached hydrogen (secondary N) is 2. The first-order valence-electron chi connectivity index (χ1n) is 7.61. The second kappa shape index (κ2) is 8.09. The number of hydrogen-bond acceptors (Lipinski definition) is 6. The molecule has 0 spiro atoms. The Morgan fingerprint density at radius 3 is 2.00 bits per heavy atom. The minimum Gasteiger partial charge on any atom is -0.395 e. The van der Waals surface area contributed by atoms with Gasteiger partial charge in [0.15, 0.2) is 0 Å². The number of aliphatic hydroxyl groups is 4. The number of piperidine rings is 1. The van der Waals surface area contributed by atoms with Gasteiger partial charge in [0, 0.05) is 5.54 Å². The number of carbonyl (C=O) groups excluding carboxylic acids is 1. The van der Waals surface area contributed by atoms with E-state index in [1.165, 1.54) is 0 Å². The number of carbonyl (C=O) groups is 1. The van der Waals surface area contributed by atoms with Crippen molar-refractivity contribution in [1.29, 1.82) is 0 Å². The molecule has 0 aromatic heterocycles. The molecular formula is C15H31ClN2O5. The van der Waals surface area contributed by atoms with Crippen molar-refractivity contribution in [3.05, 3.63) is 0 Å². The van der Waals surface area contributed by atoms with Gasteiger partial charge < -0.3 is 25.7 Å². The molecular weight excluding hydrogens is 324 g/mol. The van der Waals surface area contributed by atoms with Gasteiger partial charge in [-0.1, -0.05) is 20.8 Å². The third-order valence-corrected chi connectivity index (χ3v) is 3.76. The van der Waals surface area contributed by atoms with Crippen LogP contribution in [0.25, 0.3) is 0 Å².